The van der Waals surface area contributed by atoms with Gasteiger partial charge in [-0.1, -0.05) is 60.1 Å². The summed E-state index contributed by atoms with van der Waals surface area (Å²) in [7, 11) is 0. The van der Waals surface area contributed by atoms with Crippen LogP contribution in [-0.2, 0) is 9.59 Å². The topological polar surface area (TPSA) is 106 Å². The quantitative estimate of drug-likeness (QED) is 0.340. The molecule has 0 bridgehead atoms. The van der Waals surface area contributed by atoms with E-state index in [2.05, 4.69) is 50.7 Å². The lowest BCUT2D eigenvalue weighted by atomic mass is 9.34. The van der Waals surface area contributed by atoms with Crippen molar-refractivity contribution in [3.05, 3.63) is 60.3 Å². The maximum Gasteiger partial charge on any atom is 0.238 e. The zero-order valence-corrected chi connectivity index (χ0v) is 28.3. The molecule has 2 aromatic heterocycles. The zero-order chi connectivity index (χ0) is 33.1. The van der Waals surface area contributed by atoms with E-state index in [-0.39, 0.29) is 57.0 Å². The highest BCUT2D eigenvalue weighted by Crippen LogP contribution is 2.74. The van der Waals surface area contributed by atoms with Crippen molar-refractivity contribution in [1.29, 1.82) is 5.26 Å². The molecule has 0 amide bonds. The van der Waals surface area contributed by atoms with Crippen molar-refractivity contribution in [2.75, 3.05) is 0 Å². The largest absolute Gasteiger partial charge is 0.295 e. The van der Waals surface area contributed by atoms with E-state index in [4.69, 9.17) is 0 Å². The Labute approximate surface area is 272 Å². The standard InChI is InChI=1S/C39H46N4O3/c1-34(2)12-14-39(33(46)43-22-27(42-23-43)24-9-8-16-41-21-24)15-13-38(7)31(26(39)19-34)28(44)17-30-36(5)18-25(20-40)32(45)35(3,4)29(36)10-11-37(30,38)6/h8-9,16-18,21-23,26,29,31H,10-15,19H2,1-7H3/t26-,29?,31-,36-,37+,38+,39-/m0/s1. The molecule has 7 atom stereocenters. The van der Waals surface area contributed by atoms with Crippen LogP contribution in [0.5, 0.6) is 0 Å². The number of fused-ring (bicyclic) bond motifs is 7. The van der Waals surface area contributed by atoms with Gasteiger partial charge in [0.05, 0.1) is 16.7 Å². The monoisotopic (exact) mass is 618 g/mol. The summed E-state index contributed by atoms with van der Waals surface area (Å²) in [6.07, 6.45) is 16.5. The Balaban J connectivity index is 1.34. The van der Waals surface area contributed by atoms with Crippen LogP contribution in [0.3, 0.4) is 0 Å². The van der Waals surface area contributed by atoms with Crippen molar-refractivity contribution in [2.45, 2.75) is 93.4 Å². The maximum absolute atomic E-state index is 14.8. The molecule has 0 spiro atoms. The van der Waals surface area contributed by atoms with Crippen molar-refractivity contribution in [2.24, 2.45) is 50.2 Å². The smallest absolute Gasteiger partial charge is 0.238 e. The summed E-state index contributed by atoms with van der Waals surface area (Å²) >= 11 is 0. The molecule has 7 nitrogen and oxygen atoms in total. The third-order valence-corrected chi connectivity index (χ3v) is 14.1. The first kappa shape index (κ1) is 31.0. The second kappa shape index (κ2) is 9.69. The number of imidazole rings is 1. The molecule has 0 radical (unpaired) electrons. The Morgan fingerprint density at radius 3 is 2.46 bits per heavy atom. The predicted octanol–water partition coefficient (Wildman–Crippen LogP) is 7.80. The van der Waals surface area contributed by atoms with Crippen LogP contribution in [0.25, 0.3) is 11.3 Å². The van der Waals surface area contributed by atoms with Gasteiger partial charge in [-0.05, 0) is 91.2 Å². The second-order valence-corrected chi connectivity index (χ2v) is 17.1. The highest BCUT2D eigenvalue weighted by molar-refractivity contribution is 6.04. The van der Waals surface area contributed by atoms with Crippen LogP contribution in [-0.4, -0.2) is 32.0 Å². The third kappa shape index (κ3) is 3.91. The van der Waals surface area contributed by atoms with Crippen molar-refractivity contribution >= 4 is 17.5 Å². The van der Waals surface area contributed by atoms with Crippen LogP contribution in [0, 0.1) is 61.6 Å². The summed E-state index contributed by atoms with van der Waals surface area (Å²) in [5.41, 5.74) is 0.266. The molecule has 46 heavy (non-hydrogen) atoms. The van der Waals surface area contributed by atoms with Gasteiger partial charge in [-0.3, -0.25) is 23.9 Å². The van der Waals surface area contributed by atoms with Crippen molar-refractivity contribution in [1.82, 2.24) is 14.5 Å². The van der Waals surface area contributed by atoms with Crippen LogP contribution in [0.2, 0.25) is 0 Å². The van der Waals surface area contributed by atoms with E-state index >= 15 is 0 Å². The molecular weight excluding hydrogens is 572 g/mol. The van der Waals surface area contributed by atoms with Gasteiger partial charge in [-0.25, -0.2) is 4.98 Å². The summed E-state index contributed by atoms with van der Waals surface area (Å²) in [4.78, 5) is 51.8. The Hall–Kier alpha value is -3.66. The normalized spacial score (nSPS) is 39.0. The van der Waals surface area contributed by atoms with Gasteiger partial charge in [0, 0.05) is 40.9 Å². The van der Waals surface area contributed by atoms with Crippen LogP contribution in [0.15, 0.2) is 60.3 Å². The number of carbonyl (C=O) groups is 3. The van der Waals surface area contributed by atoms with Crippen molar-refractivity contribution in [3.8, 4) is 17.3 Å². The second-order valence-electron chi connectivity index (χ2n) is 17.1. The lowest BCUT2D eigenvalue weighted by Crippen LogP contribution is -2.66. The summed E-state index contributed by atoms with van der Waals surface area (Å²) in [6, 6.07) is 6.00. The van der Waals surface area contributed by atoms with E-state index in [1.807, 2.05) is 44.3 Å². The predicted molar refractivity (Wildman–Crippen MR) is 175 cm³/mol. The summed E-state index contributed by atoms with van der Waals surface area (Å²) in [6.45, 7) is 15.3. The molecule has 2 heterocycles. The molecule has 1 unspecified atom stereocenters. The number of ketones is 2. The van der Waals surface area contributed by atoms with Gasteiger partial charge in [-0.2, -0.15) is 5.26 Å². The maximum atomic E-state index is 14.8. The Kier molecular flexibility index (Phi) is 6.52. The minimum atomic E-state index is -0.696. The fourth-order valence-electron chi connectivity index (χ4n) is 11.4. The summed E-state index contributed by atoms with van der Waals surface area (Å²) < 4.78 is 1.67. The van der Waals surface area contributed by atoms with Crippen molar-refractivity contribution in [3.63, 3.8) is 0 Å². The van der Waals surface area contributed by atoms with Crippen LogP contribution < -0.4 is 0 Å². The number of rotatable bonds is 2. The highest BCUT2D eigenvalue weighted by atomic mass is 16.2. The number of hydrogen-bond donors (Lipinski definition) is 0. The number of nitrogens with zero attached hydrogens (tertiary/aromatic N) is 4. The highest BCUT2D eigenvalue weighted by Gasteiger charge is 2.71. The number of carbonyl (C=O) groups excluding carboxylic acids is 3. The number of Topliss-reactive ketones (excluding diaryl/α,β-unsaturated/α-hetero) is 1. The summed E-state index contributed by atoms with van der Waals surface area (Å²) in [5.74, 6) is -0.323. The van der Waals surface area contributed by atoms with E-state index in [1.165, 1.54) is 0 Å². The van der Waals surface area contributed by atoms with Crippen LogP contribution in [0.4, 0.5) is 0 Å². The lowest BCUT2D eigenvalue weighted by molar-refractivity contribution is -0.164. The van der Waals surface area contributed by atoms with Gasteiger partial charge in [-0.15, -0.1) is 0 Å². The van der Waals surface area contributed by atoms with Crippen molar-refractivity contribution < 1.29 is 14.4 Å². The molecule has 0 saturated heterocycles. The van der Waals surface area contributed by atoms with Gasteiger partial charge in [0.1, 0.15) is 12.4 Å². The molecule has 5 aliphatic rings. The number of allylic oxidation sites excluding steroid dienone is 4. The Morgan fingerprint density at radius 2 is 1.76 bits per heavy atom. The first-order valence-corrected chi connectivity index (χ1v) is 17.0. The lowest BCUT2D eigenvalue weighted by Gasteiger charge is -2.69. The van der Waals surface area contributed by atoms with Crippen LogP contribution in [0.1, 0.15) is 98.2 Å². The van der Waals surface area contributed by atoms with E-state index in [9.17, 15) is 19.6 Å². The van der Waals surface area contributed by atoms with Gasteiger partial charge < -0.3 is 0 Å². The fourth-order valence-corrected chi connectivity index (χ4v) is 11.4. The van der Waals surface area contributed by atoms with E-state index < -0.39 is 16.2 Å². The summed E-state index contributed by atoms with van der Waals surface area (Å²) in [5, 5.41) is 10.0. The fraction of sp³-hybridized carbons (Fsp3) is 0.590. The van der Waals surface area contributed by atoms with Gasteiger partial charge in [0.15, 0.2) is 11.6 Å². The molecule has 7 rings (SSSR count). The molecule has 0 aliphatic heterocycles. The van der Waals surface area contributed by atoms with Gasteiger partial charge in [0.25, 0.3) is 0 Å². The van der Waals surface area contributed by atoms with E-state index in [0.29, 0.717) is 5.69 Å². The molecule has 3 saturated carbocycles. The van der Waals surface area contributed by atoms with E-state index in [0.717, 1.165) is 56.1 Å². The average molecular weight is 619 g/mol. The number of aromatic nitrogens is 3. The Morgan fingerprint density at radius 1 is 1.02 bits per heavy atom. The number of hydrogen-bond acceptors (Lipinski definition) is 6. The van der Waals surface area contributed by atoms with Gasteiger partial charge in [0.2, 0.25) is 5.91 Å². The zero-order valence-electron chi connectivity index (χ0n) is 28.3. The minimum absolute atomic E-state index is 0.00463. The van der Waals surface area contributed by atoms with Crippen LogP contribution >= 0.6 is 0 Å². The number of pyridine rings is 1. The molecule has 7 heteroatoms. The molecule has 3 fully saturated rings. The first-order chi connectivity index (χ1) is 21.5. The average Bonchev–Trinajstić information content (AvgIpc) is 3.50. The molecular formula is C39H46N4O3. The molecule has 5 aliphatic carbocycles. The molecule has 0 N–H and O–H groups in total. The number of nitriles is 1. The molecule has 240 valence electrons. The van der Waals surface area contributed by atoms with Gasteiger partial charge >= 0.3 is 0 Å². The van der Waals surface area contributed by atoms with E-state index in [1.54, 1.807) is 23.3 Å². The molecule has 0 aromatic carbocycles. The Bertz CT molecular complexity index is 1770. The SMILES string of the molecule is CC1(C)CC[C@]2(C(=O)n3cnc(-c4cccnc4)c3)CC[C@]3(C)[C@H](C(=O)C=C4[C@@]5(C)C=C(C#N)C(=O)C(C)(C)C5CC[C@]43C)[C@@H]2C1. The third-order valence-electron chi connectivity index (χ3n) is 14.1. The first-order valence-electron chi connectivity index (χ1n) is 17.0. The minimum Gasteiger partial charge on any atom is -0.295 e. The molecule has 2 aromatic rings.